The molecule has 0 fully saturated rings. The fourth-order valence-electron chi connectivity index (χ4n) is 2.64. The van der Waals surface area contributed by atoms with E-state index in [-0.39, 0.29) is 11.8 Å². The monoisotopic (exact) mass is 392 g/mol. The van der Waals surface area contributed by atoms with Crippen LogP contribution in [-0.2, 0) is 0 Å². The minimum Gasteiger partial charge on any atom is -0.352 e. The van der Waals surface area contributed by atoms with Gasteiger partial charge >= 0.3 is 0 Å². The van der Waals surface area contributed by atoms with Crippen molar-refractivity contribution in [2.24, 2.45) is 5.92 Å². The van der Waals surface area contributed by atoms with Crippen LogP contribution < -0.4 is 10.6 Å². The molecule has 1 atom stereocenters. The highest BCUT2D eigenvalue weighted by Gasteiger charge is 2.14. The Kier molecular flexibility index (Phi) is 8.13. The molecule has 0 saturated carbocycles. The molecule has 0 aliphatic rings. The van der Waals surface area contributed by atoms with Gasteiger partial charge < -0.3 is 10.6 Å². The summed E-state index contributed by atoms with van der Waals surface area (Å²) in [6, 6.07) is 8.48. The third-order valence-electron chi connectivity index (χ3n) is 4.32. The molecule has 2 N–H and O–H groups in total. The van der Waals surface area contributed by atoms with Crippen LogP contribution in [-0.4, -0.2) is 18.4 Å². The Morgan fingerprint density at radius 3 is 2.65 bits per heavy atom. The molecule has 0 spiro atoms. The minimum atomic E-state index is -0.231. The van der Waals surface area contributed by atoms with E-state index in [9.17, 15) is 9.59 Å². The number of anilines is 1. The fourth-order valence-corrected chi connectivity index (χ4v) is 3.42. The van der Waals surface area contributed by atoms with Gasteiger partial charge in [0.05, 0.1) is 15.6 Å². The van der Waals surface area contributed by atoms with Gasteiger partial charge in [0, 0.05) is 12.1 Å². The van der Waals surface area contributed by atoms with Gasteiger partial charge in [0.15, 0.2) is 0 Å². The van der Waals surface area contributed by atoms with E-state index >= 15 is 0 Å². The van der Waals surface area contributed by atoms with Crippen LogP contribution in [0.15, 0.2) is 35.7 Å². The number of halogens is 1. The second kappa shape index (κ2) is 10.3. The zero-order valence-corrected chi connectivity index (χ0v) is 16.8. The van der Waals surface area contributed by atoms with Crippen molar-refractivity contribution in [1.82, 2.24) is 5.32 Å². The number of hydrogen-bond acceptors (Lipinski definition) is 3. The first-order chi connectivity index (χ1) is 12.5. The van der Waals surface area contributed by atoms with Crippen LogP contribution in [0.5, 0.6) is 0 Å². The molecule has 140 valence electrons. The molecule has 2 amide bonds. The molecule has 0 saturated heterocycles. The normalized spacial score (nSPS) is 11.8. The summed E-state index contributed by atoms with van der Waals surface area (Å²) in [5.74, 6) is 0.109. The van der Waals surface area contributed by atoms with Gasteiger partial charge in [-0.3, -0.25) is 9.59 Å². The molecule has 0 bridgehead atoms. The van der Waals surface area contributed by atoms with Crippen molar-refractivity contribution >= 4 is 40.4 Å². The minimum absolute atomic E-state index is 0.150. The number of thiophene rings is 1. The molecule has 26 heavy (non-hydrogen) atoms. The summed E-state index contributed by atoms with van der Waals surface area (Å²) in [4.78, 5) is 25.2. The van der Waals surface area contributed by atoms with E-state index in [0.29, 0.717) is 33.6 Å². The van der Waals surface area contributed by atoms with E-state index in [0.717, 1.165) is 19.3 Å². The van der Waals surface area contributed by atoms with Gasteiger partial charge in [-0.1, -0.05) is 50.8 Å². The maximum absolute atomic E-state index is 12.5. The number of carbonyl (C=O) groups excluding carboxylic acids is 2. The van der Waals surface area contributed by atoms with Gasteiger partial charge in [-0.2, -0.15) is 0 Å². The van der Waals surface area contributed by atoms with Gasteiger partial charge in [0.25, 0.3) is 11.8 Å². The molecule has 0 aliphatic heterocycles. The smallest absolute Gasteiger partial charge is 0.265 e. The van der Waals surface area contributed by atoms with Crippen molar-refractivity contribution in [2.75, 3.05) is 11.9 Å². The molecule has 0 radical (unpaired) electrons. The van der Waals surface area contributed by atoms with Crippen LogP contribution in [0, 0.1) is 5.92 Å². The molecule has 1 aromatic carbocycles. The third kappa shape index (κ3) is 5.85. The van der Waals surface area contributed by atoms with Crippen molar-refractivity contribution in [3.8, 4) is 0 Å². The highest BCUT2D eigenvalue weighted by molar-refractivity contribution is 7.12. The van der Waals surface area contributed by atoms with E-state index < -0.39 is 0 Å². The number of rotatable bonds is 9. The maximum Gasteiger partial charge on any atom is 0.265 e. The number of unbranched alkanes of at least 4 members (excludes halogenated alkanes) is 1. The average molecular weight is 393 g/mol. The van der Waals surface area contributed by atoms with E-state index in [4.69, 9.17) is 11.6 Å². The maximum atomic E-state index is 12.5. The standard InChI is InChI=1S/C20H25ClN2O2S/c1-3-5-7-14(4-2)13-22-19(24)15-9-10-16(21)17(12-15)23-20(25)18-8-6-11-26-18/h6,8-12,14H,3-5,7,13H2,1-2H3,(H,22,24)(H,23,25). The molecule has 0 aliphatic carbocycles. The van der Waals surface area contributed by atoms with Crippen LogP contribution in [0.25, 0.3) is 0 Å². The Bertz CT molecular complexity index is 731. The Balaban J connectivity index is 2.01. The zero-order valence-electron chi connectivity index (χ0n) is 15.2. The van der Waals surface area contributed by atoms with E-state index in [1.165, 1.54) is 17.8 Å². The first-order valence-electron chi connectivity index (χ1n) is 8.97. The summed E-state index contributed by atoms with van der Waals surface area (Å²) in [5, 5.41) is 8.01. The average Bonchev–Trinajstić information content (AvgIpc) is 3.18. The Labute approximate surface area is 164 Å². The van der Waals surface area contributed by atoms with Crippen LogP contribution >= 0.6 is 22.9 Å². The predicted molar refractivity (Wildman–Crippen MR) is 109 cm³/mol. The highest BCUT2D eigenvalue weighted by Crippen LogP contribution is 2.24. The van der Waals surface area contributed by atoms with Crippen molar-refractivity contribution in [3.63, 3.8) is 0 Å². The van der Waals surface area contributed by atoms with Crippen LogP contribution in [0.4, 0.5) is 5.69 Å². The lowest BCUT2D eigenvalue weighted by atomic mass is 9.99. The first kappa shape index (κ1) is 20.5. The highest BCUT2D eigenvalue weighted by atomic mass is 35.5. The summed E-state index contributed by atoms with van der Waals surface area (Å²) < 4.78 is 0. The topological polar surface area (TPSA) is 58.2 Å². The van der Waals surface area contributed by atoms with Crippen LogP contribution in [0.3, 0.4) is 0 Å². The van der Waals surface area contributed by atoms with Crippen LogP contribution in [0.2, 0.25) is 5.02 Å². The summed E-state index contributed by atoms with van der Waals surface area (Å²) in [5.41, 5.74) is 0.928. The van der Waals surface area contributed by atoms with E-state index in [2.05, 4.69) is 24.5 Å². The van der Waals surface area contributed by atoms with E-state index in [1.54, 1.807) is 24.3 Å². The molecule has 1 unspecified atom stereocenters. The summed E-state index contributed by atoms with van der Waals surface area (Å²) >= 11 is 7.52. The van der Waals surface area contributed by atoms with Gasteiger partial charge in [-0.05, 0) is 42.0 Å². The lowest BCUT2D eigenvalue weighted by Gasteiger charge is -2.15. The van der Waals surface area contributed by atoms with Crippen LogP contribution in [0.1, 0.15) is 59.6 Å². The van der Waals surface area contributed by atoms with Gasteiger partial charge in [-0.15, -0.1) is 11.3 Å². The molecule has 2 aromatic rings. The van der Waals surface area contributed by atoms with Gasteiger partial charge in [0.1, 0.15) is 0 Å². The molecule has 4 nitrogen and oxygen atoms in total. The quantitative estimate of drug-likeness (QED) is 0.583. The fraction of sp³-hybridized carbons (Fsp3) is 0.400. The lowest BCUT2D eigenvalue weighted by molar-refractivity contribution is 0.0944. The predicted octanol–water partition coefficient (Wildman–Crippen LogP) is 5.60. The number of benzene rings is 1. The van der Waals surface area contributed by atoms with Crippen molar-refractivity contribution in [3.05, 3.63) is 51.2 Å². The molecule has 1 heterocycles. The second-order valence-electron chi connectivity index (χ2n) is 6.25. The number of nitrogens with one attached hydrogen (secondary N) is 2. The first-order valence-corrected chi connectivity index (χ1v) is 10.2. The molecular weight excluding hydrogens is 368 g/mol. The zero-order chi connectivity index (χ0) is 18.9. The summed E-state index contributed by atoms with van der Waals surface area (Å²) in [7, 11) is 0. The van der Waals surface area contributed by atoms with Gasteiger partial charge in [-0.25, -0.2) is 0 Å². The van der Waals surface area contributed by atoms with Crippen molar-refractivity contribution < 1.29 is 9.59 Å². The SMILES string of the molecule is CCCCC(CC)CNC(=O)c1ccc(Cl)c(NC(=O)c2cccs2)c1. The molecule has 2 rings (SSSR count). The number of carbonyl (C=O) groups is 2. The largest absolute Gasteiger partial charge is 0.352 e. The molecule has 6 heteroatoms. The van der Waals surface area contributed by atoms with Crippen molar-refractivity contribution in [1.29, 1.82) is 0 Å². The lowest BCUT2D eigenvalue weighted by Crippen LogP contribution is -2.29. The Hall–Kier alpha value is -1.85. The number of amides is 2. The van der Waals surface area contributed by atoms with E-state index in [1.807, 2.05) is 11.4 Å². The Morgan fingerprint density at radius 2 is 2.00 bits per heavy atom. The Morgan fingerprint density at radius 1 is 1.19 bits per heavy atom. The van der Waals surface area contributed by atoms with Gasteiger partial charge in [0.2, 0.25) is 0 Å². The van der Waals surface area contributed by atoms with Crippen molar-refractivity contribution in [2.45, 2.75) is 39.5 Å². The number of hydrogen-bond donors (Lipinski definition) is 2. The summed E-state index contributed by atoms with van der Waals surface area (Å²) in [6.07, 6.45) is 4.50. The molecular formula is C20H25ClN2O2S. The second-order valence-corrected chi connectivity index (χ2v) is 7.61. The summed E-state index contributed by atoms with van der Waals surface area (Å²) in [6.45, 7) is 4.98. The third-order valence-corrected chi connectivity index (χ3v) is 5.51. The molecule has 1 aromatic heterocycles.